The number of para-hydroxylation sites is 1. The van der Waals surface area contributed by atoms with Gasteiger partial charge in [0.15, 0.2) is 0 Å². The van der Waals surface area contributed by atoms with Gasteiger partial charge >= 0.3 is 0 Å². The van der Waals surface area contributed by atoms with E-state index in [1.165, 1.54) is 0 Å². The van der Waals surface area contributed by atoms with Crippen molar-refractivity contribution in [2.24, 2.45) is 5.92 Å². The van der Waals surface area contributed by atoms with Crippen LogP contribution in [0.1, 0.15) is 43.2 Å². The molecule has 5 nitrogen and oxygen atoms in total. The molecule has 3 aromatic rings. The highest BCUT2D eigenvalue weighted by atomic mass is 35.5. The summed E-state index contributed by atoms with van der Waals surface area (Å²) in [4.78, 5) is 28.8. The molecule has 1 aliphatic rings. The van der Waals surface area contributed by atoms with Gasteiger partial charge in [0.05, 0.1) is 6.54 Å². The lowest BCUT2D eigenvalue weighted by molar-refractivity contribution is -0.133. The lowest BCUT2D eigenvalue weighted by Crippen LogP contribution is -2.63. The molecule has 0 fully saturated rings. The maximum atomic E-state index is 13.7. The number of hydrogen-bond acceptors (Lipinski definition) is 2. The van der Waals surface area contributed by atoms with Crippen LogP contribution in [0.2, 0.25) is 5.02 Å². The molecule has 2 aromatic carbocycles. The molecule has 31 heavy (non-hydrogen) atoms. The minimum absolute atomic E-state index is 0.132. The van der Waals surface area contributed by atoms with E-state index in [1.54, 1.807) is 11.0 Å². The average molecular weight is 438 g/mol. The van der Waals surface area contributed by atoms with Gasteiger partial charge in [-0.2, -0.15) is 0 Å². The molecule has 2 amide bonds. The molecule has 0 spiro atoms. The molecule has 0 radical (unpaired) electrons. The van der Waals surface area contributed by atoms with Crippen molar-refractivity contribution in [2.75, 3.05) is 6.54 Å². The van der Waals surface area contributed by atoms with E-state index in [-0.39, 0.29) is 11.8 Å². The molecule has 1 aromatic heterocycles. The summed E-state index contributed by atoms with van der Waals surface area (Å²) in [6.45, 7) is 7.41. The fourth-order valence-electron chi connectivity index (χ4n) is 4.24. The van der Waals surface area contributed by atoms with Crippen molar-refractivity contribution >= 4 is 34.3 Å². The summed E-state index contributed by atoms with van der Waals surface area (Å²) in [5.41, 5.74) is 1.45. The van der Waals surface area contributed by atoms with Crippen LogP contribution in [0.25, 0.3) is 10.9 Å². The Bertz CT molecular complexity index is 1140. The summed E-state index contributed by atoms with van der Waals surface area (Å²) in [7, 11) is 0. The smallest absolute Gasteiger partial charge is 0.271 e. The lowest BCUT2D eigenvalue weighted by Gasteiger charge is -2.44. The SMILES string of the molecule is CC(C)CCNC(=O)C1(C)Cn2c(cc3ccccc32)C(=O)N1Cc1cccc(Cl)c1. The van der Waals surface area contributed by atoms with Crippen molar-refractivity contribution in [3.05, 3.63) is 70.9 Å². The highest BCUT2D eigenvalue weighted by Crippen LogP contribution is 2.33. The van der Waals surface area contributed by atoms with E-state index in [2.05, 4.69) is 19.2 Å². The van der Waals surface area contributed by atoms with Crippen LogP contribution in [0, 0.1) is 5.92 Å². The van der Waals surface area contributed by atoms with Crippen LogP contribution in [-0.2, 0) is 17.9 Å². The predicted molar refractivity (Wildman–Crippen MR) is 124 cm³/mol. The Morgan fingerprint density at radius 2 is 1.94 bits per heavy atom. The number of rotatable bonds is 6. The summed E-state index contributed by atoms with van der Waals surface area (Å²) >= 11 is 6.18. The Morgan fingerprint density at radius 1 is 1.16 bits per heavy atom. The van der Waals surface area contributed by atoms with E-state index < -0.39 is 5.54 Å². The van der Waals surface area contributed by atoms with E-state index in [0.29, 0.717) is 36.3 Å². The number of hydrogen-bond donors (Lipinski definition) is 1. The average Bonchev–Trinajstić information content (AvgIpc) is 3.09. The van der Waals surface area contributed by atoms with Gasteiger partial charge < -0.3 is 14.8 Å². The minimum Gasteiger partial charge on any atom is -0.354 e. The first-order chi connectivity index (χ1) is 14.8. The number of carbonyl (C=O) groups excluding carboxylic acids is 2. The molecule has 0 saturated carbocycles. The van der Waals surface area contributed by atoms with E-state index in [4.69, 9.17) is 11.6 Å². The number of nitrogens with one attached hydrogen (secondary N) is 1. The summed E-state index contributed by atoms with van der Waals surface area (Å²) in [6.07, 6.45) is 0.891. The summed E-state index contributed by atoms with van der Waals surface area (Å²) in [5, 5.41) is 4.68. The van der Waals surface area contributed by atoms with Crippen LogP contribution in [0.5, 0.6) is 0 Å². The third kappa shape index (κ3) is 4.07. The van der Waals surface area contributed by atoms with Crippen LogP contribution in [0.15, 0.2) is 54.6 Å². The van der Waals surface area contributed by atoms with Gasteiger partial charge in [0.2, 0.25) is 5.91 Å². The Kier molecular flexibility index (Phi) is 5.80. The van der Waals surface area contributed by atoms with Crippen LogP contribution >= 0.6 is 11.6 Å². The zero-order chi connectivity index (χ0) is 22.2. The topological polar surface area (TPSA) is 54.3 Å². The van der Waals surface area contributed by atoms with Gasteiger partial charge in [0, 0.05) is 29.0 Å². The van der Waals surface area contributed by atoms with Crippen LogP contribution < -0.4 is 5.32 Å². The first-order valence-corrected chi connectivity index (χ1v) is 11.1. The summed E-state index contributed by atoms with van der Waals surface area (Å²) in [5.74, 6) is 0.208. The third-order valence-corrected chi connectivity index (χ3v) is 6.30. The van der Waals surface area contributed by atoms with Gasteiger partial charge in [-0.25, -0.2) is 0 Å². The number of aromatic nitrogens is 1. The molecular weight excluding hydrogens is 410 g/mol. The quantitative estimate of drug-likeness (QED) is 0.598. The largest absolute Gasteiger partial charge is 0.354 e. The van der Waals surface area contributed by atoms with Crippen molar-refractivity contribution in [3.63, 3.8) is 0 Å². The van der Waals surface area contributed by atoms with Crippen LogP contribution in [0.3, 0.4) is 0 Å². The van der Waals surface area contributed by atoms with Crippen LogP contribution in [0.4, 0.5) is 0 Å². The third-order valence-electron chi connectivity index (χ3n) is 6.06. The maximum Gasteiger partial charge on any atom is 0.271 e. The first kappa shape index (κ1) is 21.4. The second-order valence-electron chi connectivity index (χ2n) is 8.91. The van der Waals surface area contributed by atoms with E-state index in [1.807, 2.05) is 60.0 Å². The molecule has 1 aliphatic heterocycles. The molecule has 0 saturated heterocycles. The Balaban J connectivity index is 1.74. The zero-order valence-electron chi connectivity index (χ0n) is 18.2. The van der Waals surface area contributed by atoms with Gasteiger partial charge in [-0.05, 0) is 49.1 Å². The van der Waals surface area contributed by atoms with Crippen molar-refractivity contribution < 1.29 is 9.59 Å². The van der Waals surface area contributed by atoms with Crippen molar-refractivity contribution in [1.82, 2.24) is 14.8 Å². The van der Waals surface area contributed by atoms with Crippen molar-refractivity contribution in [2.45, 2.75) is 45.8 Å². The number of halogens is 1. The molecular formula is C25H28ClN3O2. The highest BCUT2D eigenvalue weighted by molar-refractivity contribution is 6.30. The number of carbonyl (C=O) groups is 2. The standard InChI is InChI=1S/C25H28ClN3O2/c1-17(2)11-12-27-24(31)25(3)16-28-21-10-5-4-8-19(21)14-22(28)23(30)29(25)15-18-7-6-9-20(26)13-18/h4-10,13-14,17H,11-12,15-16H2,1-3H3,(H,27,31). The highest BCUT2D eigenvalue weighted by Gasteiger charge is 2.47. The Labute approximate surface area is 188 Å². The number of fused-ring (bicyclic) bond motifs is 3. The maximum absolute atomic E-state index is 13.7. The Morgan fingerprint density at radius 3 is 2.68 bits per heavy atom. The van der Waals surface area contributed by atoms with Crippen molar-refractivity contribution in [1.29, 1.82) is 0 Å². The number of nitrogens with zero attached hydrogens (tertiary/aromatic N) is 2. The summed E-state index contributed by atoms with van der Waals surface area (Å²) in [6, 6.07) is 17.3. The monoisotopic (exact) mass is 437 g/mol. The fraction of sp³-hybridized carbons (Fsp3) is 0.360. The number of amides is 2. The first-order valence-electron chi connectivity index (χ1n) is 10.7. The molecule has 6 heteroatoms. The second kappa shape index (κ2) is 8.39. The van der Waals surface area contributed by atoms with Crippen molar-refractivity contribution in [3.8, 4) is 0 Å². The normalized spacial score (nSPS) is 18.5. The zero-order valence-corrected chi connectivity index (χ0v) is 18.9. The molecule has 0 aliphatic carbocycles. The van der Waals surface area contributed by atoms with Gasteiger partial charge in [-0.3, -0.25) is 9.59 Å². The molecule has 162 valence electrons. The van der Waals surface area contributed by atoms with E-state index in [9.17, 15) is 9.59 Å². The molecule has 0 bridgehead atoms. The minimum atomic E-state index is -1.02. The van der Waals surface area contributed by atoms with Gasteiger partial charge in [0.25, 0.3) is 5.91 Å². The van der Waals surface area contributed by atoms with Gasteiger partial charge in [-0.15, -0.1) is 0 Å². The van der Waals surface area contributed by atoms with E-state index >= 15 is 0 Å². The number of benzene rings is 2. The lowest BCUT2D eigenvalue weighted by atomic mass is 9.93. The molecule has 1 N–H and O–H groups in total. The van der Waals surface area contributed by atoms with E-state index in [0.717, 1.165) is 22.9 Å². The second-order valence-corrected chi connectivity index (χ2v) is 9.34. The Hall–Kier alpha value is -2.79. The molecule has 2 heterocycles. The van der Waals surface area contributed by atoms with Gasteiger partial charge in [0.1, 0.15) is 11.2 Å². The van der Waals surface area contributed by atoms with Crippen LogP contribution in [-0.4, -0.2) is 33.4 Å². The summed E-state index contributed by atoms with van der Waals surface area (Å²) < 4.78 is 1.98. The molecule has 1 atom stereocenters. The molecule has 1 unspecified atom stereocenters. The van der Waals surface area contributed by atoms with Gasteiger partial charge in [-0.1, -0.05) is 55.8 Å². The molecule has 4 rings (SSSR count). The predicted octanol–water partition coefficient (Wildman–Crippen LogP) is 4.87. The fourth-order valence-corrected chi connectivity index (χ4v) is 4.45.